The van der Waals surface area contributed by atoms with Crippen molar-refractivity contribution in [1.82, 2.24) is 19.9 Å². The fourth-order valence-corrected chi connectivity index (χ4v) is 3.13. The quantitative estimate of drug-likeness (QED) is 0.593. The van der Waals surface area contributed by atoms with Gasteiger partial charge in [0.2, 0.25) is 5.95 Å². The topological polar surface area (TPSA) is 105 Å². The molecule has 3 N–H and O–H groups in total. The Labute approximate surface area is 165 Å². The summed E-state index contributed by atoms with van der Waals surface area (Å²) in [4.78, 5) is 15.3. The first kappa shape index (κ1) is 20.1. The molecule has 152 valence electrons. The maximum atomic E-state index is 10.3. The summed E-state index contributed by atoms with van der Waals surface area (Å²) in [5.41, 5.74) is 0.830. The zero-order valence-corrected chi connectivity index (χ0v) is 16.6. The van der Waals surface area contributed by atoms with Crippen molar-refractivity contribution in [2.24, 2.45) is 0 Å². The van der Waals surface area contributed by atoms with Gasteiger partial charge in [-0.15, -0.1) is 0 Å². The Balaban J connectivity index is 1.66. The van der Waals surface area contributed by atoms with Crippen LogP contribution >= 0.6 is 0 Å². The second-order valence-corrected chi connectivity index (χ2v) is 6.79. The summed E-state index contributed by atoms with van der Waals surface area (Å²) in [5, 5.41) is 16.3. The first-order valence-corrected chi connectivity index (χ1v) is 9.45. The van der Waals surface area contributed by atoms with E-state index < -0.39 is 6.10 Å². The van der Waals surface area contributed by atoms with Crippen LogP contribution in [0.1, 0.15) is 18.5 Å². The Hall–Kier alpha value is -2.65. The minimum atomic E-state index is -0.564. The van der Waals surface area contributed by atoms with Crippen molar-refractivity contribution in [3.8, 4) is 11.5 Å². The van der Waals surface area contributed by atoms with Gasteiger partial charge in [-0.2, -0.15) is 4.98 Å². The number of pyridine rings is 1. The Morgan fingerprint density at radius 2 is 1.96 bits per heavy atom. The molecule has 9 heteroatoms. The van der Waals surface area contributed by atoms with Gasteiger partial charge in [-0.1, -0.05) is 0 Å². The summed E-state index contributed by atoms with van der Waals surface area (Å²) >= 11 is 0. The lowest BCUT2D eigenvalue weighted by atomic mass is 10.3. The number of anilines is 3. The van der Waals surface area contributed by atoms with Gasteiger partial charge in [-0.3, -0.25) is 0 Å². The van der Waals surface area contributed by atoms with E-state index in [1.165, 1.54) is 12.8 Å². The highest BCUT2D eigenvalue weighted by Crippen LogP contribution is 2.29. The molecule has 0 aliphatic carbocycles. The van der Waals surface area contributed by atoms with Gasteiger partial charge in [-0.05, 0) is 32.9 Å². The monoisotopic (exact) mass is 388 g/mol. The molecule has 0 radical (unpaired) electrons. The molecule has 0 aromatic carbocycles. The Kier molecular flexibility index (Phi) is 6.83. The van der Waals surface area contributed by atoms with Crippen LogP contribution in [0, 0.1) is 6.92 Å². The van der Waals surface area contributed by atoms with Gasteiger partial charge in [0.05, 0.1) is 13.3 Å². The molecule has 28 heavy (non-hydrogen) atoms. The van der Waals surface area contributed by atoms with Gasteiger partial charge in [0, 0.05) is 31.4 Å². The summed E-state index contributed by atoms with van der Waals surface area (Å²) in [6.07, 6.45) is 3.39. The van der Waals surface area contributed by atoms with Gasteiger partial charge in [-0.25, -0.2) is 9.97 Å². The Bertz CT molecular complexity index is 782. The minimum Gasteiger partial charge on any atom is -0.491 e. The van der Waals surface area contributed by atoms with Gasteiger partial charge in [0.25, 0.3) is 0 Å². The molecular weight excluding hydrogens is 360 g/mol. The first-order valence-electron chi connectivity index (χ1n) is 9.45. The second-order valence-electron chi connectivity index (χ2n) is 6.79. The number of hydrogen-bond acceptors (Lipinski definition) is 9. The molecule has 3 rings (SSSR count). The summed E-state index contributed by atoms with van der Waals surface area (Å²) in [5.74, 6) is 2.67. The summed E-state index contributed by atoms with van der Waals surface area (Å²) in [6.45, 7) is 4.76. The number of aryl methyl sites for hydroxylation is 1. The van der Waals surface area contributed by atoms with Crippen LogP contribution in [-0.4, -0.2) is 71.5 Å². The van der Waals surface area contributed by atoms with Crippen LogP contribution in [0.25, 0.3) is 0 Å². The van der Waals surface area contributed by atoms with E-state index in [9.17, 15) is 5.11 Å². The molecule has 1 aliphatic rings. The standard InChI is InChI=1S/C19H28N6O3/c1-13-8-17(20-2)23-19(22-13)24-18-9-15(16(27-3)10-21-18)28-12-14(26)11-25-6-4-5-7-25/h8-10,14,26H,4-7,11-12H2,1-3H3,(H2,20,21,22,23,24)/t14-/m0/s1. The molecule has 0 unspecified atom stereocenters. The third-order valence-corrected chi connectivity index (χ3v) is 4.50. The van der Waals surface area contributed by atoms with Crippen LogP contribution in [0.15, 0.2) is 18.3 Å². The molecular formula is C19H28N6O3. The highest BCUT2D eigenvalue weighted by atomic mass is 16.5. The average Bonchev–Trinajstić information content (AvgIpc) is 3.19. The molecule has 0 bridgehead atoms. The van der Waals surface area contributed by atoms with Gasteiger partial charge in [0.15, 0.2) is 11.5 Å². The van der Waals surface area contributed by atoms with Crippen molar-refractivity contribution in [3.63, 3.8) is 0 Å². The zero-order valence-electron chi connectivity index (χ0n) is 16.6. The number of aromatic nitrogens is 3. The first-order chi connectivity index (χ1) is 13.6. The van der Waals surface area contributed by atoms with Crippen molar-refractivity contribution in [1.29, 1.82) is 0 Å². The van der Waals surface area contributed by atoms with Crippen molar-refractivity contribution < 1.29 is 14.6 Å². The van der Waals surface area contributed by atoms with Crippen LogP contribution < -0.4 is 20.1 Å². The van der Waals surface area contributed by atoms with E-state index in [0.29, 0.717) is 35.6 Å². The number of aliphatic hydroxyl groups excluding tert-OH is 1. The van der Waals surface area contributed by atoms with Crippen LogP contribution in [0.5, 0.6) is 11.5 Å². The van der Waals surface area contributed by atoms with Crippen LogP contribution in [0.4, 0.5) is 17.6 Å². The van der Waals surface area contributed by atoms with Gasteiger partial charge >= 0.3 is 0 Å². The molecule has 1 fully saturated rings. The second kappa shape index (κ2) is 9.52. The van der Waals surface area contributed by atoms with Crippen molar-refractivity contribution in [3.05, 3.63) is 24.0 Å². The number of β-amino-alcohol motifs (C(OH)–C–C–N with tert-alkyl or cyclic N) is 1. The van der Waals surface area contributed by atoms with Crippen molar-refractivity contribution in [2.45, 2.75) is 25.9 Å². The molecule has 1 saturated heterocycles. The van der Waals surface area contributed by atoms with Gasteiger partial charge in [0.1, 0.15) is 24.3 Å². The third kappa shape index (κ3) is 5.43. The fraction of sp³-hybridized carbons (Fsp3) is 0.526. The SMILES string of the molecule is CNc1cc(C)nc(Nc2cc(OC[C@@H](O)CN3CCCC3)c(OC)cn2)n1. The molecule has 1 aliphatic heterocycles. The third-order valence-electron chi connectivity index (χ3n) is 4.50. The largest absolute Gasteiger partial charge is 0.491 e. The predicted octanol–water partition coefficient (Wildman–Crippen LogP) is 1.81. The van der Waals surface area contributed by atoms with E-state index in [4.69, 9.17) is 9.47 Å². The number of likely N-dealkylation sites (tertiary alicyclic amines) is 1. The molecule has 1 atom stereocenters. The van der Waals surface area contributed by atoms with Crippen molar-refractivity contribution in [2.75, 3.05) is 51.0 Å². The number of rotatable bonds is 9. The molecule has 0 saturated carbocycles. The number of nitrogens with one attached hydrogen (secondary N) is 2. The number of aliphatic hydroxyl groups is 1. The number of ether oxygens (including phenoxy) is 2. The Morgan fingerprint density at radius 1 is 1.18 bits per heavy atom. The van der Waals surface area contributed by atoms with E-state index in [1.807, 2.05) is 13.0 Å². The highest BCUT2D eigenvalue weighted by molar-refractivity contribution is 5.55. The summed E-state index contributed by atoms with van der Waals surface area (Å²) in [6, 6.07) is 3.56. The van der Waals surface area contributed by atoms with Crippen LogP contribution in [-0.2, 0) is 0 Å². The van der Waals surface area contributed by atoms with Gasteiger partial charge < -0.3 is 30.1 Å². The fourth-order valence-electron chi connectivity index (χ4n) is 3.13. The average molecular weight is 388 g/mol. The lowest BCUT2D eigenvalue weighted by Crippen LogP contribution is -2.33. The smallest absolute Gasteiger partial charge is 0.230 e. The zero-order chi connectivity index (χ0) is 19.9. The normalized spacial score (nSPS) is 15.3. The van der Waals surface area contributed by atoms with E-state index in [2.05, 4.69) is 30.5 Å². The molecule has 0 spiro atoms. The molecule has 0 amide bonds. The highest BCUT2D eigenvalue weighted by Gasteiger charge is 2.17. The summed E-state index contributed by atoms with van der Waals surface area (Å²) < 4.78 is 11.1. The number of methoxy groups -OCH3 is 1. The maximum absolute atomic E-state index is 10.3. The Morgan fingerprint density at radius 3 is 2.68 bits per heavy atom. The lowest BCUT2D eigenvalue weighted by Gasteiger charge is -2.20. The van der Waals surface area contributed by atoms with E-state index in [1.54, 1.807) is 26.4 Å². The van der Waals surface area contributed by atoms with Crippen LogP contribution in [0.2, 0.25) is 0 Å². The molecule has 9 nitrogen and oxygen atoms in total. The van der Waals surface area contributed by atoms with E-state index in [0.717, 1.165) is 18.8 Å². The van der Waals surface area contributed by atoms with Crippen LogP contribution in [0.3, 0.4) is 0 Å². The van der Waals surface area contributed by atoms with E-state index in [-0.39, 0.29) is 6.61 Å². The lowest BCUT2D eigenvalue weighted by molar-refractivity contribution is 0.0747. The predicted molar refractivity (Wildman–Crippen MR) is 108 cm³/mol. The minimum absolute atomic E-state index is 0.182. The maximum Gasteiger partial charge on any atom is 0.230 e. The number of nitrogens with zero attached hydrogens (tertiary/aromatic N) is 4. The van der Waals surface area contributed by atoms with E-state index >= 15 is 0 Å². The molecule has 3 heterocycles. The van der Waals surface area contributed by atoms with Crippen molar-refractivity contribution >= 4 is 17.6 Å². The summed E-state index contributed by atoms with van der Waals surface area (Å²) in [7, 11) is 3.36. The molecule has 2 aromatic rings. The number of hydrogen-bond donors (Lipinski definition) is 3. The molecule has 2 aromatic heterocycles.